The topological polar surface area (TPSA) is 9.23 Å². The average Bonchev–Trinajstić information content (AvgIpc) is 2.37. The summed E-state index contributed by atoms with van der Waals surface area (Å²) in [7, 11) is 1.60. The predicted molar refractivity (Wildman–Crippen MR) is 84.9 cm³/mol. The van der Waals surface area contributed by atoms with Crippen LogP contribution in [0.4, 0.5) is 0 Å². The minimum Gasteiger partial charge on any atom is -0.497 e. The van der Waals surface area contributed by atoms with Gasteiger partial charge < -0.3 is 4.74 Å². The zero-order chi connectivity index (χ0) is 14.0. The molecule has 0 fully saturated rings. The van der Waals surface area contributed by atoms with Crippen LogP contribution >= 0.6 is 50.7 Å². The molecule has 0 spiro atoms. The molecule has 0 aliphatic rings. The van der Waals surface area contributed by atoms with Gasteiger partial charge in [0.1, 0.15) is 5.75 Å². The van der Waals surface area contributed by atoms with Gasteiger partial charge in [-0.3, -0.25) is 0 Å². The second-order valence-corrected chi connectivity index (χ2v) is 6.05. The van der Waals surface area contributed by atoms with Gasteiger partial charge in [0.05, 0.1) is 12.5 Å². The fraction of sp³-hybridized carbons (Fsp3) is 0.143. The molecule has 0 N–H and O–H groups in total. The SMILES string of the molecule is COc1ccc(C(Cl)c2ccc(Cl)cc2Br)c(Cl)c1. The van der Waals surface area contributed by atoms with E-state index < -0.39 is 0 Å². The molecule has 0 aliphatic carbocycles. The highest BCUT2D eigenvalue weighted by Gasteiger charge is 2.17. The van der Waals surface area contributed by atoms with Crippen LogP contribution in [0.3, 0.4) is 0 Å². The van der Waals surface area contributed by atoms with Gasteiger partial charge in [-0.2, -0.15) is 0 Å². The lowest BCUT2D eigenvalue weighted by Crippen LogP contribution is -1.96. The normalized spacial score (nSPS) is 12.3. The van der Waals surface area contributed by atoms with Crippen LogP contribution < -0.4 is 4.74 Å². The Balaban J connectivity index is 2.41. The molecule has 0 saturated carbocycles. The summed E-state index contributed by atoms with van der Waals surface area (Å²) in [5.41, 5.74) is 1.74. The Morgan fingerprint density at radius 3 is 2.32 bits per heavy atom. The first-order valence-corrected chi connectivity index (χ1v) is 7.44. The van der Waals surface area contributed by atoms with Crippen molar-refractivity contribution in [3.63, 3.8) is 0 Å². The molecule has 0 aliphatic heterocycles. The van der Waals surface area contributed by atoms with E-state index in [4.69, 9.17) is 39.5 Å². The number of ether oxygens (including phenoxy) is 1. The fourth-order valence-corrected chi connectivity index (χ4v) is 3.47. The summed E-state index contributed by atoms with van der Waals surface area (Å²) in [5.74, 6) is 0.702. The van der Waals surface area contributed by atoms with Gasteiger partial charge in [0.25, 0.3) is 0 Å². The Bertz CT molecular complexity index is 601. The van der Waals surface area contributed by atoms with Crippen LogP contribution in [0.5, 0.6) is 5.75 Å². The molecule has 1 unspecified atom stereocenters. The summed E-state index contributed by atoms with van der Waals surface area (Å²) in [4.78, 5) is 0. The van der Waals surface area contributed by atoms with E-state index in [0.29, 0.717) is 15.8 Å². The lowest BCUT2D eigenvalue weighted by molar-refractivity contribution is 0.414. The molecule has 2 aromatic carbocycles. The zero-order valence-electron chi connectivity index (χ0n) is 9.96. The van der Waals surface area contributed by atoms with Crippen molar-refractivity contribution in [3.05, 3.63) is 62.0 Å². The fourth-order valence-electron chi connectivity index (χ4n) is 1.71. The third-order valence-corrected chi connectivity index (χ3v) is 4.44. The first-order chi connectivity index (χ1) is 9.02. The highest BCUT2D eigenvalue weighted by atomic mass is 79.9. The minimum atomic E-state index is -0.356. The van der Waals surface area contributed by atoms with Gasteiger partial charge >= 0.3 is 0 Å². The van der Waals surface area contributed by atoms with Crippen molar-refractivity contribution >= 4 is 50.7 Å². The summed E-state index contributed by atoms with van der Waals surface area (Å²) in [5, 5.41) is 0.867. The zero-order valence-corrected chi connectivity index (χ0v) is 13.8. The Hall–Kier alpha value is -0.410. The van der Waals surface area contributed by atoms with E-state index >= 15 is 0 Å². The molecular formula is C14H10BrCl3O. The largest absolute Gasteiger partial charge is 0.497 e. The molecule has 2 rings (SSSR count). The van der Waals surface area contributed by atoms with Crippen LogP contribution in [0.15, 0.2) is 40.9 Å². The first-order valence-electron chi connectivity index (χ1n) is 5.45. The number of benzene rings is 2. The summed E-state index contributed by atoms with van der Waals surface area (Å²) in [6.07, 6.45) is 0. The molecule has 19 heavy (non-hydrogen) atoms. The van der Waals surface area contributed by atoms with Crippen LogP contribution in [0.1, 0.15) is 16.5 Å². The molecule has 0 bridgehead atoms. The number of alkyl halides is 1. The molecule has 0 aromatic heterocycles. The molecule has 100 valence electrons. The third-order valence-electron chi connectivity index (χ3n) is 2.72. The van der Waals surface area contributed by atoms with Gasteiger partial charge in [-0.15, -0.1) is 11.6 Å². The standard InChI is InChI=1S/C14H10BrCl3O/c1-19-9-3-5-11(13(17)7-9)14(18)10-4-2-8(16)6-12(10)15/h2-7,14H,1H3. The van der Waals surface area contributed by atoms with E-state index in [0.717, 1.165) is 15.6 Å². The molecule has 0 saturated heterocycles. The van der Waals surface area contributed by atoms with Gasteiger partial charge in [0, 0.05) is 14.5 Å². The van der Waals surface area contributed by atoms with E-state index in [2.05, 4.69) is 15.9 Å². The van der Waals surface area contributed by atoms with E-state index in [-0.39, 0.29) is 5.38 Å². The highest BCUT2D eigenvalue weighted by molar-refractivity contribution is 9.10. The smallest absolute Gasteiger partial charge is 0.120 e. The number of hydrogen-bond acceptors (Lipinski definition) is 1. The second kappa shape index (κ2) is 6.36. The summed E-state index contributed by atoms with van der Waals surface area (Å²) in [6, 6.07) is 10.9. The lowest BCUT2D eigenvalue weighted by Gasteiger charge is -2.15. The maximum Gasteiger partial charge on any atom is 0.120 e. The molecule has 1 atom stereocenters. The Labute approximate surface area is 135 Å². The number of hydrogen-bond donors (Lipinski definition) is 0. The van der Waals surface area contributed by atoms with E-state index in [9.17, 15) is 0 Å². The van der Waals surface area contributed by atoms with Crippen molar-refractivity contribution in [2.24, 2.45) is 0 Å². The second-order valence-electron chi connectivity index (χ2n) is 3.92. The van der Waals surface area contributed by atoms with Crippen LogP contribution in [-0.2, 0) is 0 Å². The molecular weight excluding hydrogens is 370 g/mol. The highest BCUT2D eigenvalue weighted by Crippen LogP contribution is 2.39. The van der Waals surface area contributed by atoms with Crippen molar-refractivity contribution in [3.8, 4) is 5.75 Å². The molecule has 5 heteroatoms. The summed E-state index contributed by atoms with van der Waals surface area (Å²) >= 11 is 22.1. The maximum absolute atomic E-state index is 6.49. The predicted octanol–water partition coefficient (Wildman–Crippen LogP) is 6.09. The summed E-state index contributed by atoms with van der Waals surface area (Å²) < 4.78 is 5.97. The van der Waals surface area contributed by atoms with E-state index in [1.165, 1.54) is 0 Å². The Kier molecular flexibility index (Phi) is 5.02. The van der Waals surface area contributed by atoms with Crippen LogP contribution in [0.25, 0.3) is 0 Å². The van der Waals surface area contributed by atoms with Crippen LogP contribution in [-0.4, -0.2) is 7.11 Å². The third kappa shape index (κ3) is 3.38. The van der Waals surface area contributed by atoms with Crippen molar-refractivity contribution < 1.29 is 4.74 Å². The van der Waals surface area contributed by atoms with Gasteiger partial charge in [-0.25, -0.2) is 0 Å². The van der Waals surface area contributed by atoms with Gasteiger partial charge in [0.2, 0.25) is 0 Å². The van der Waals surface area contributed by atoms with Crippen LogP contribution in [0, 0.1) is 0 Å². The first kappa shape index (κ1) is 15.0. The summed E-state index contributed by atoms with van der Waals surface area (Å²) in [6.45, 7) is 0. The number of methoxy groups -OCH3 is 1. The molecule has 0 radical (unpaired) electrons. The average molecular weight is 380 g/mol. The molecule has 1 nitrogen and oxygen atoms in total. The number of rotatable bonds is 3. The molecule has 0 heterocycles. The van der Waals surface area contributed by atoms with E-state index in [1.807, 2.05) is 24.3 Å². The van der Waals surface area contributed by atoms with Crippen molar-refractivity contribution in [2.75, 3.05) is 7.11 Å². The van der Waals surface area contributed by atoms with Crippen molar-refractivity contribution in [2.45, 2.75) is 5.38 Å². The van der Waals surface area contributed by atoms with Crippen molar-refractivity contribution in [1.29, 1.82) is 0 Å². The van der Waals surface area contributed by atoms with Gasteiger partial charge in [0.15, 0.2) is 0 Å². The van der Waals surface area contributed by atoms with Gasteiger partial charge in [-0.05, 0) is 35.4 Å². The minimum absolute atomic E-state index is 0.356. The van der Waals surface area contributed by atoms with E-state index in [1.54, 1.807) is 19.2 Å². The van der Waals surface area contributed by atoms with Crippen molar-refractivity contribution in [1.82, 2.24) is 0 Å². The molecule has 0 amide bonds. The lowest BCUT2D eigenvalue weighted by atomic mass is 10.0. The number of halogens is 4. The van der Waals surface area contributed by atoms with Crippen LogP contribution in [0.2, 0.25) is 10.0 Å². The Morgan fingerprint density at radius 1 is 1.05 bits per heavy atom. The molecule has 2 aromatic rings. The van der Waals surface area contributed by atoms with Gasteiger partial charge in [-0.1, -0.05) is 51.3 Å². The monoisotopic (exact) mass is 378 g/mol. The maximum atomic E-state index is 6.49. The quantitative estimate of drug-likeness (QED) is 0.585. The Morgan fingerprint density at radius 2 is 1.74 bits per heavy atom.